The number of allylic oxidation sites excluding steroid dienone is 2. The van der Waals surface area contributed by atoms with E-state index in [2.05, 4.69) is 21.0 Å². The second-order valence-electron chi connectivity index (χ2n) is 6.80. The Bertz CT molecular complexity index is 1090. The fourth-order valence-corrected chi connectivity index (χ4v) is 4.35. The molecular formula is C20H15BrF5N3O. The standard InChI is InChI=1S/C20H15BrF5N3O/c1-28-17(13-7-2-3-8-15(13)23)16(21)18(30-28)14-10-27-29(19(14)20(24,25)26)12-6-4-5-11(22)9-12/h4-10,17H,2-3H2,1H3. The number of likely N-dealkylation sites (N-methyl/N-ethyl adjacent to an activating group) is 1. The summed E-state index contributed by atoms with van der Waals surface area (Å²) in [7, 11) is 1.51. The molecule has 0 saturated heterocycles. The van der Waals surface area contributed by atoms with Crippen LogP contribution in [0.4, 0.5) is 22.0 Å². The van der Waals surface area contributed by atoms with E-state index in [1.807, 2.05) is 0 Å². The first-order valence-electron chi connectivity index (χ1n) is 8.96. The second-order valence-corrected chi connectivity index (χ2v) is 7.66. The van der Waals surface area contributed by atoms with Crippen molar-refractivity contribution in [3.05, 3.63) is 75.6 Å². The Labute approximate surface area is 177 Å². The van der Waals surface area contributed by atoms with Gasteiger partial charge in [-0.2, -0.15) is 18.3 Å². The van der Waals surface area contributed by atoms with Gasteiger partial charge in [-0.1, -0.05) is 12.1 Å². The fourth-order valence-electron chi connectivity index (χ4n) is 3.53. The molecule has 2 aromatic rings. The van der Waals surface area contributed by atoms with Crippen molar-refractivity contribution in [1.82, 2.24) is 14.8 Å². The first-order chi connectivity index (χ1) is 14.2. The van der Waals surface area contributed by atoms with Crippen LogP contribution in [0.5, 0.6) is 0 Å². The molecule has 4 rings (SSSR count). The Morgan fingerprint density at radius 2 is 1.90 bits per heavy atom. The minimum absolute atomic E-state index is 0.0860. The van der Waals surface area contributed by atoms with Crippen LogP contribution >= 0.6 is 15.9 Å². The van der Waals surface area contributed by atoms with Gasteiger partial charge in [-0.15, -0.1) is 5.06 Å². The van der Waals surface area contributed by atoms with Crippen molar-refractivity contribution in [2.24, 2.45) is 0 Å². The van der Waals surface area contributed by atoms with Gasteiger partial charge in [-0.05, 0) is 53.0 Å². The van der Waals surface area contributed by atoms with E-state index in [9.17, 15) is 22.0 Å². The maximum atomic E-state index is 14.3. The average Bonchev–Trinajstić information content (AvgIpc) is 3.24. The van der Waals surface area contributed by atoms with Gasteiger partial charge in [0, 0.05) is 12.6 Å². The number of halogens is 6. The molecule has 30 heavy (non-hydrogen) atoms. The molecule has 0 amide bonds. The van der Waals surface area contributed by atoms with Crippen LogP contribution in [0.1, 0.15) is 24.1 Å². The molecular weight excluding hydrogens is 473 g/mol. The van der Waals surface area contributed by atoms with Crippen molar-refractivity contribution in [3.63, 3.8) is 0 Å². The van der Waals surface area contributed by atoms with E-state index < -0.39 is 29.6 Å². The van der Waals surface area contributed by atoms with Crippen molar-refractivity contribution in [2.45, 2.75) is 25.1 Å². The lowest BCUT2D eigenvalue weighted by Crippen LogP contribution is -2.28. The number of alkyl halides is 3. The highest BCUT2D eigenvalue weighted by Crippen LogP contribution is 2.45. The minimum Gasteiger partial charge on any atom is -0.404 e. The summed E-state index contributed by atoms with van der Waals surface area (Å²) in [4.78, 5) is 5.59. The highest BCUT2D eigenvalue weighted by molar-refractivity contribution is 9.12. The van der Waals surface area contributed by atoms with E-state index in [1.54, 1.807) is 6.08 Å². The van der Waals surface area contributed by atoms with Gasteiger partial charge in [0.05, 0.1) is 21.9 Å². The van der Waals surface area contributed by atoms with Crippen molar-refractivity contribution in [1.29, 1.82) is 0 Å². The number of hydrogen-bond donors (Lipinski definition) is 0. The average molecular weight is 488 g/mol. The third-order valence-electron chi connectivity index (χ3n) is 4.82. The topological polar surface area (TPSA) is 30.3 Å². The normalized spacial score (nSPS) is 20.3. The molecule has 1 aromatic heterocycles. The van der Waals surface area contributed by atoms with Crippen molar-refractivity contribution < 1.29 is 26.8 Å². The SMILES string of the molecule is CN1OC(c2cnn(-c3cccc(F)c3)c2C(F)(F)F)=C(Br)C1C1=CCCC=C1F. The molecule has 158 valence electrons. The maximum Gasteiger partial charge on any atom is 0.434 e. The van der Waals surface area contributed by atoms with Crippen molar-refractivity contribution in [3.8, 4) is 5.69 Å². The smallest absolute Gasteiger partial charge is 0.404 e. The van der Waals surface area contributed by atoms with Crippen molar-refractivity contribution >= 4 is 21.7 Å². The number of hydrogen-bond acceptors (Lipinski definition) is 3. The van der Waals surface area contributed by atoms with E-state index >= 15 is 0 Å². The van der Waals surface area contributed by atoms with Crippen LogP contribution in [0.2, 0.25) is 0 Å². The highest BCUT2D eigenvalue weighted by Gasteiger charge is 2.44. The molecule has 4 nitrogen and oxygen atoms in total. The Hall–Kier alpha value is -2.46. The van der Waals surface area contributed by atoms with Gasteiger partial charge in [0.25, 0.3) is 0 Å². The number of aromatic nitrogens is 2. The molecule has 1 atom stereocenters. The largest absolute Gasteiger partial charge is 0.434 e. The lowest BCUT2D eigenvalue weighted by atomic mass is 9.98. The Morgan fingerprint density at radius 3 is 2.57 bits per heavy atom. The van der Waals surface area contributed by atoms with Gasteiger partial charge in [0.1, 0.15) is 17.7 Å². The van der Waals surface area contributed by atoms with Gasteiger partial charge < -0.3 is 4.84 Å². The summed E-state index contributed by atoms with van der Waals surface area (Å²) in [6, 6.07) is 3.94. The van der Waals surface area contributed by atoms with Gasteiger partial charge in [-0.3, -0.25) is 0 Å². The Morgan fingerprint density at radius 1 is 1.17 bits per heavy atom. The number of nitrogens with zero attached hydrogens (tertiary/aromatic N) is 3. The monoisotopic (exact) mass is 487 g/mol. The predicted octanol–water partition coefficient (Wildman–Crippen LogP) is 5.91. The van der Waals surface area contributed by atoms with E-state index in [1.165, 1.54) is 30.3 Å². The van der Waals surface area contributed by atoms with Gasteiger partial charge in [-0.25, -0.2) is 13.5 Å². The zero-order valence-electron chi connectivity index (χ0n) is 15.6. The van der Waals surface area contributed by atoms with Gasteiger partial charge in [0.2, 0.25) is 0 Å². The van der Waals surface area contributed by atoms with Crippen molar-refractivity contribution in [2.75, 3.05) is 7.05 Å². The number of rotatable bonds is 3. The number of hydroxylamine groups is 2. The molecule has 2 aliphatic rings. The number of benzene rings is 1. The third-order valence-corrected chi connectivity index (χ3v) is 5.61. The third kappa shape index (κ3) is 3.58. The van der Waals surface area contributed by atoms with E-state index in [0.717, 1.165) is 18.3 Å². The van der Waals surface area contributed by atoms with Crippen LogP contribution in [0.15, 0.2) is 58.5 Å². The summed E-state index contributed by atoms with van der Waals surface area (Å²) in [5.41, 5.74) is -1.23. The lowest BCUT2D eigenvalue weighted by Gasteiger charge is -2.22. The highest BCUT2D eigenvalue weighted by atomic mass is 79.9. The Balaban J connectivity index is 1.85. The molecule has 0 saturated carbocycles. The van der Waals surface area contributed by atoms with E-state index in [-0.39, 0.29) is 21.5 Å². The molecule has 1 aromatic carbocycles. The molecule has 0 fully saturated rings. The predicted molar refractivity (Wildman–Crippen MR) is 104 cm³/mol. The van der Waals surface area contributed by atoms with Crippen LogP contribution in [0.25, 0.3) is 11.4 Å². The van der Waals surface area contributed by atoms with E-state index in [0.29, 0.717) is 23.1 Å². The second kappa shape index (κ2) is 7.66. The van der Waals surface area contributed by atoms with Crippen LogP contribution in [-0.4, -0.2) is 27.9 Å². The van der Waals surface area contributed by atoms with Crippen LogP contribution in [0, 0.1) is 5.82 Å². The first kappa shape index (κ1) is 20.8. The summed E-state index contributed by atoms with van der Waals surface area (Å²) < 4.78 is 70.7. The molecule has 2 heterocycles. The summed E-state index contributed by atoms with van der Waals surface area (Å²) >= 11 is 3.30. The molecule has 0 spiro atoms. The molecule has 1 unspecified atom stereocenters. The van der Waals surface area contributed by atoms with Crippen LogP contribution in [-0.2, 0) is 11.0 Å². The zero-order valence-corrected chi connectivity index (χ0v) is 17.1. The molecule has 0 N–H and O–H groups in total. The first-order valence-corrected chi connectivity index (χ1v) is 9.76. The minimum atomic E-state index is -4.81. The molecule has 1 aliphatic heterocycles. The zero-order chi connectivity index (χ0) is 21.6. The summed E-state index contributed by atoms with van der Waals surface area (Å²) in [6.07, 6.45) is 0.499. The molecule has 0 bridgehead atoms. The fraction of sp³-hybridized carbons (Fsp3) is 0.250. The summed E-state index contributed by atoms with van der Waals surface area (Å²) in [6.45, 7) is 0. The van der Waals surface area contributed by atoms with Gasteiger partial charge >= 0.3 is 6.18 Å². The summed E-state index contributed by atoms with van der Waals surface area (Å²) in [5, 5.41) is 5.11. The Kier molecular flexibility index (Phi) is 5.31. The van der Waals surface area contributed by atoms with Crippen LogP contribution in [0.3, 0.4) is 0 Å². The van der Waals surface area contributed by atoms with Crippen LogP contribution < -0.4 is 0 Å². The summed E-state index contributed by atoms with van der Waals surface area (Å²) in [5.74, 6) is -1.26. The molecule has 1 aliphatic carbocycles. The lowest BCUT2D eigenvalue weighted by molar-refractivity contribution is -0.143. The molecule has 10 heteroatoms. The molecule has 0 radical (unpaired) electrons. The van der Waals surface area contributed by atoms with E-state index in [4.69, 9.17) is 4.84 Å². The quantitative estimate of drug-likeness (QED) is 0.504. The maximum absolute atomic E-state index is 14.3. The van der Waals surface area contributed by atoms with Gasteiger partial charge in [0.15, 0.2) is 11.5 Å².